The number of nitrogens with zero attached hydrogens (tertiary/aromatic N) is 2. The van der Waals surface area contributed by atoms with Gasteiger partial charge in [0.1, 0.15) is 40.3 Å². The van der Waals surface area contributed by atoms with Crippen LogP contribution < -0.4 is 24.3 Å². The molecule has 1 fully saturated rings. The molecule has 6 rings (SSSR count). The first-order chi connectivity index (χ1) is 34.7. The molecule has 404 valence electrons. The number of nitro benzene ring substituents is 1. The van der Waals surface area contributed by atoms with Crippen LogP contribution in [0.1, 0.15) is 211 Å². The van der Waals surface area contributed by atoms with Crippen molar-refractivity contribution in [3.63, 3.8) is 0 Å². The monoisotopic (exact) mass is 1020 g/mol. The van der Waals surface area contributed by atoms with Gasteiger partial charge in [-0.05, 0) is 132 Å². The van der Waals surface area contributed by atoms with E-state index in [-0.39, 0.29) is 40.5 Å². The molecule has 2 amide bonds. The van der Waals surface area contributed by atoms with Crippen molar-refractivity contribution in [2.75, 3.05) is 38.3 Å². The van der Waals surface area contributed by atoms with Gasteiger partial charge in [0.15, 0.2) is 0 Å². The van der Waals surface area contributed by atoms with Crippen molar-refractivity contribution in [1.29, 1.82) is 0 Å². The molecule has 1 aliphatic carbocycles. The van der Waals surface area contributed by atoms with Crippen molar-refractivity contribution in [2.45, 2.75) is 203 Å². The second kappa shape index (κ2) is 23.4. The lowest BCUT2D eigenvalue weighted by Crippen LogP contribution is -2.45. The quantitative estimate of drug-likeness (QED) is 0.0802. The average Bonchev–Trinajstić information content (AvgIpc) is 3.79. The molecule has 1 atom stereocenters. The Kier molecular flexibility index (Phi) is 18.2. The molecule has 1 heterocycles. The molecule has 0 aromatic heterocycles. The second-order valence-electron chi connectivity index (χ2n) is 24.5. The maximum absolute atomic E-state index is 14.7. The third kappa shape index (κ3) is 13.7. The Morgan fingerprint density at radius 2 is 0.919 bits per heavy atom. The minimum atomic E-state index is -0.903. The summed E-state index contributed by atoms with van der Waals surface area (Å²) in [6.07, 6.45) is 4.63. The summed E-state index contributed by atoms with van der Waals surface area (Å²) in [5.74, 6) is 2.13. The number of nitrogens with one attached hydrogen (secondary N) is 1. The zero-order valence-electron chi connectivity index (χ0n) is 47.8. The number of benzene rings is 4. The average molecular weight is 1020 g/mol. The van der Waals surface area contributed by atoms with Crippen LogP contribution in [-0.4, -0.2) is 66.4 Å². The highest BCUT2D eigenvalue weighted by atomic mass is 16.6. The molecule has 4 aromatic rings. The van der Waals surface area contributed by atoms with E-state index in [1.807, 2.05) is 6.92 Å². The number of anilines is 1. The lowest BCUT2D eigenvalue weighted by Gasteiger charge is -2.29. The molecule has 1 N–H and O–H groups in total. The van der Waals surface area contributed by atoms with E-state index in [0.717, 1.165) is 75.3 Å². The smallest absolute Gasteiger partial charge is 0.410 e. The van der Waals surface area contributed by atoms with E-state index in [4.69, 9.17) is 23.7 Å². The Morgan fingerprint density at radius 1 is 0.568 bits per heavy atom. The number of rotatable bonds is 15. The van der Waals surface area contributed by atoms with Crippen molar-refractivity contribution in [1.82, 2.24) is 4.90 Å². The van der Waals surface area contributed by atoms with Gasteiger partial charge in [0.2, 0.25) is 5.91 Å². The zero-order valence-corrected chi connectivity index (χ0v) is 47.8. The minimum Gasteiger partial charge on any atom is -0.493 e. The number of nitro groups is 1. The molecular weight excluding hydrogens is 931 g/mol. The van der Waals surface area contributed by atoms with Gasteiger partial charge in [-0.3, -0.25) is 19.8 Å². The number of hydrogen-bond donors (Lipinski definition) is 1. The molecule has 1 unspecified atom stereocenters. The standard InChI is InChI=1S/C62H87N3O9/c1-17-24-70-53-39-28-40-32-47(60(8,9)10)35-43(54(40)71-25-18-2)30-44-38-50(63-57(66)51-22-21-23-64(51)58(67)74-62(14,15)16)52(65(68)69)49(56(44)73-27-20-4)37-45-36-48(61(11,12)13)34-42(55(45)72-26-19-3)29-41(53)33-46(31-39)59(5,6)7/h31-36,38,51H,17-30,37H2,1-16H3,(H,63,66). The molecular formula is C62H87N3O9. The summed E-state index contributed by atoms with van der Waals surface area (Å²) in [6.45, 7) is 35.6. The number of hydrogen-bond acceptors (Lipinski definition) is 9. The van der Waals surface area contributed by atoms with Crippen LogP contribution in [0.2, 0.25) is 0 Å². The first kappa shape index (κ1) is 57.5. The molecule has 4 aromatic carbocycles. The molecule has 0 radical (unpaired) electrons. The Bertz CT molecular complexity index is 2680. The van der Waals surface area contributed by atoms with E-state index in [9.17, 15) is 19.7 Å². The molecule has 12 nitrogen and oxygen atoms in total. The first-order valence-electron chi connectivity index (χ1n) is 27.3. The maximum atomic E-state index is 14.7. The summed E-state index contributed by atoms with van der Waals surface area (Å²) in [4.78, 5) is 43.3. The van der Waals surface area contributed by atoms with Gasteiger partial charge in [-0.1, -0.05) is 126 Å². The Hall–Kier alpha value is -5.78. The van der Waals surface area contributed by atoms with Crippen LogP contribution in [0.3, 0.4) is 0 Å². The summed E-state index contributed by atoms with van der Waals surface area (Å²) >= 11 is 0. The van der Waals surface area contributed by atoms with Crippen LogP contribution in [0, 0.1) is 10.1 Å². The first-order valence-corrected chi connectivity index (χ1v) is 27.3. The van der Waals surface area contributed by atoms with Gasteiger partial charge in [0.05, 0.1) is 36.9 Å². The Labute approximate surface area is 442 Å². The van der Waals surface area contributed by atoms with Gasteiger partial charge in [-0.15, -0.1) is 0 Å². The summed E-state index contributed by atoms with van der Waals surface area (Å²) in [7, 11) is 0. The Balaban J connectivity index is 1.79. The van der Waals surface area contributed by atoms with Crippen molar-refractivity contribution >= 4 is 23.4 Å². The lowest BCUT2D eigenvalue weighted by molar-refractivity contribution is -0.384. The predicted molar refractivity (Wildman–Crippen MR) is 297 cm³/mol. The van der Waals surface area contributed by atoms with E-state index < -0.39 is 28.6 Å². The van der Waals surface area contributed by atoms with Gasteiger partial charge in [-0.2, -0.15) is 0 Å². The van der Waals surface area contributed by atoms with E-state index in [0.29, 0.717) is 87.7 Å². The van der Waals surface area contributed by atoms with Gasteiger partial charge < -0.3 is 29.0 Å². The number of carbonyl (C=O) groups is 2. The lowest BCUT2D eigenvalue weighted by atomic mass is 9.80. The molecule has 1 aliphatic heterocycles. The number of fused-ring (bicyclic) bond motifs is 8. The highest BCUT2D eigenvalue weighted by molar-refractivity contribution is 5.99. The van der Waals surface area contributed by atoms with Crippen molar-refractivity contribution in [2.24, 2.45) is 0 Å². The van der Waals surface area contributed by atoms with Crippen LogP contribution in [-0.2, 0) is 51.5 Å². The number of carbonyl (C=O) groups excluding carboxylic acids is 2. The predicted octanol–water partition coefficient (Wildman–Crippen LogP) is 14.7. The topological polar surface area (TPSA) is 139 Å². The number of amides is 2. The molecule has 74 heavy (non-hydrogen) atoms. The maximum Gasteiger partial charge on any atom is 0.410 e. The van der Waals surface area contributed by atoms with Crippen LogP contribution >= 0.6 is 0 Å². The van der Waals surface area contributed by atoms with E-state index in [2.05, 4.69) is 125 Å². The largest absolute Gasteiger partial charge is 0.493 e. The summed E-state index contributed by atoms with van der Waals surface area (Å²) in [6, 6.07) is 14.3. The molecule has 0 saturated carbocycles. The summed E-state index contributed by atoms with van der Waals surface area (Å²) in [5, 5.41) is 17.0. The molecule has 8 bridgehead atoms. The number of ether oxygens (including phenoxy) is 5. The molecule has 2 aliphatic rings. The third-order valence-electron chi connectivity index (χ3n) is 13.7. The van der Waals surface area contributed by atoms with Crippen molar-refractivity contribution in [3.05, 3.63) is 114 Å². The van der Waals surface area contributed by atoms with Gasteiger partial charge in [-0.25, -0.2) is 4.79 Å². The van der Waals surface area contributed by atoms with Crippen molar-refractivity contribution < 1.29 is 38.2 Å². The van der Waals surface area contributed by atoms with Gasteiger partial charge in [0, 0.05) is 37.8 Å². The summed E-state index contributed by atoms with van der Waals surface area (Å²) in [5.41, 5.74) is 8.19. The van der Waals surface area contributed by atoms with Gasteiger partial charge >= 0.3 is 6.09 Å². The van der Waals surface area contributed by atoms with E-state index >= 15 is 0 Å². The molecule has 12 heteroatoms. The van der Waals surface area contributed by atoms with Crippen LogP contribution in [0.15, 0.2) is 42.5 Å². The highest BCUT2D eigenvalue weighted by Gasteiger charge is 2.39. The summed E-state index contributed by atoms with van der Waals surface area (Å²) < 4.78 is 33.3. The fourth-order valence-corrected chi connectivity index (χ4v) is 9.87. The second-order valence-corrected chi connectivity index (χ2v) is 24.5. The fourth-order valence-electron chi connectivity index (χ4n) is 9.87. The van der Waals surface area contributed by atoms with Gasteiger partial charge in [0.25, 0.3) is 5.69 Å². The zero-order chi connectivity index (χ0) is 54.5. The number of likely N-dealkylation sites (tertiary alicyclic amines) is 1. The van der Waals surface area contributed by atoms with Crippen molar-refractivity contribution in [3.8, 4) is 23.0 Å². The molecule has 1 saturated heterocycles. The SMILES string of the molecule is CCCOc1c2cc(C(C)(C)C)cc1Cc1cc(C(C)(C)C)cc(c1OCCC)Cc1c(OCCC)c(cc(NC(=O)C3CCCN3C(=O)OC(C)(C)C)c1[N+](=O)[O-])Cc1cc(C(C)(C)C)cc(c1OCCC)C2. The van der Waals surface area contributed by atoms with E-state index in [1.165, 1.54) is 10.5 Å². The Morgan fingerprint density at radius 3 is 1.26 bits per heavy atom. The highest BCUT2D eigenvalue weighted by Crippen LogP contribution is 2.47. The normalized spacial score (nSPS) is 15.1. The minimum absolute atomic E-state index is 0.0276. The van der Waals surface area contributed by atoms with Crippen LogP contribution in [0.4, 0.5) is 16.2 Å². The van der Waals surface area contributed by atoms with E-state index in [1.54, 1.807) is 26.8 Å². The fraction of sp³-hybridized carbons (Fsp3) is 0.581. The van der Waals surface area contributed by atoms with Crippen LogP contribution in [0.5, 0.6) is 23.0 Å². The van der Waals surface area contributed by atoms with Crippen LogP contribution in [0.25, 0.3) is 0 Å². The third-order valence-corrected chi connectivity index (χ3v) is 13.7. The molecule has 0 spiro atoms.